The Hall–Kier alpha value is -4.42. The Kier molecular flexibility index (Phi) is 4.53. The molecule has 0 bridgehead atoms. The van der Waals surface area contributed by atoms with Crippen LogP contribution in [0.4, 0.5) is 8.78 Å². The molecule has 1 unspecified atom stereocenters. The first-order valence-electron chi connectivity index (χ1n) is 11.5. The molecule has 6 heterocycles. The molecule has 7 rings (SSSR count). The second-order valence-corrected chi connectivity index (χ2v) is 8.95. The van der Waals surface area contributed by atoms with E-state index in [2.05, 4.69) is 31.3 Å². The Morgan fingerprint density at radius 2 is 2.14 bits per heavy atom. The van der Waals surface area contributed by atoms with Gasteiger partial charge in [0.1, 0.15) is 6.04 Å². The fraction of sp³-hybridized carbons (Fsp3) is 0.304. The highest BCUT2D eigenvalue weighted by Gasteiger charge is 2.38. The maximum absolute atomic E-state index is 13.6. The third kappa shape index (κ3) is 3.30. The quantitative estimate of drug-likeness (QED) is 0.400. The van der Waals surface area contributed by atoms with Crippen LogP contribution in [0.2, 0.25) is 0 Å². The topological polar surface area (TPSA) is 123 Å². The number of alkyl halides is 2. The zero-order chi connectivity index (χ0) is 24.4. The summed E-state index contributed by atoms with van der Waals surface area (Å²) >= 11 is 0. The Balaban J connectivity index is 1.26. The van der Waals surface area contributed by atoms with E-state index in [0.717, 1.165) is 30.2 Å². The number of carbonyl (C=O) groups is 1. The molecular weight excluding hydrogens is 472 g/mol. The summed E-state index contributed by atoms with van der Waals surface area (Å²) < 4.78 is 33.7. The maximum atomic E-state index is 13.6. The van der Waals surface area contributed by atoms with E-state index < -0.39 is 18.5 Å². The van der Waals surface area contributed by atoms with Crippen molar-refractivity contribution in [1.82, 2.24) is 44.5 Å². The van der Waals surface area contributed by atoms with Gasteiger partial charge in [-0.05, 0) is 36.5 Å². The van der Waals surface area contributed by atoms with Gasteiger partial charge in [-0.3, -0.25) is 4.79 Å². The molecule has 182 valence electrons. The van der Waals surface area contributed by atoms with Crippen LogP contribution in [0.5, 0.6) is 0 Å². The van der Waals surface area contributed by atoms with Gasteiger partial charge in [0.2, 0.25) is 0 Å². The van der Waals surface area contributed by atoms with Crippen molar-refractivity contribution in [2.75, 3.05) is 6.54 Å². The normalized spacial score (nSPS) is 17.8. The zero-order valence-electron chi connectivity index (χ0n) is 18.8. The van der Waals surface area contributed by atoms with E-state index in [1.807, 2.05) is 22.8 Å². The van der Waals surface area contributed by atoms with Gasteiger partial charge in [-0.25, -0.2) is 14.2 Å². The van der Waals surface area contributed by atoms with Crippen LogP contribution < -0.4 is 0 Å². The summed E-state index contributed by atoms with van der Waals surface area (Å²) in [5.41, 5.74) is 4.79. The van der Waals surface area contributed by atoms with Crippen LogP contribution in [-0.2, 0) is 6.42 Å². The van der Waals surface area contributed by atoms with E-state index in [1.165, 1.54) is 11.8 Å². The third-order valence-corrected chi connectivity index (χ3v) is 6.69. The summed E-state index contributed by atoms with van der Waals surface area (Å²) in [5.74, 6) is -0.273. The van der Waals surface area contributed by atoms with Gasteiger partial charge >= 0.3 is 18.3 Å². The number of aromatic amines is 1. The Bertz CT molecular complexity index is 1600. The predicted molar refractivity (Wildman–Crippen MR) is 119 cm³/mol. The van der Waals surface area contributed by atoms with E-state index in [4.69, 9.17) is 9.52 Å². The summed E-state index contributed by atoms with van der Waals surface area (Å²) in [6, 6.07) is 5.56. The molecule has 1 N–H and O–H groups in total. The smallest absolute Gasteiger partial charge is 0.333 e. The monoisotopic (exact) mass is 491 g/mol. The van der Waals surface area contributed by atoms with Crippen molar-refractivity contribution >= 4 is 11.4 Å². The van der Waals surface area contributed by atoms with Gasteiger partial charge in [0.05, 0.1) is 35.0 Å². The average Bonchev–Trinajstić information content (AvgIpc) is 3.34. The summed E-state index contributed by atoms with van der Waals surface area (Å²) in [5, 5.41) is 16.1. The van der Waals surface area contributed by atoms with E-state index in [9.17, 15) is 13.6 Å². The number of H-pyrrole nitrogens is 1. The lowest BCUT2D eigenvalue weighted by molar-refractivity contribution is 0.0566. The Labute approximate surface area is 201 Å². The number of fused-ring (bicyclic) bond motifs is 2. The minimum Gasteiger partial charge on any atom is -0.412 e. The molecule has 0 radical (unpaired) electrons. The molecule has 0 saturated heterocycles. The minimum atomic E-state index is -2.80. The first-order valence-corrected chi connectivity index (χ1v) is 11.5. The van der Waals surface area contributed by atoms with E-state index in [-0.39, 0.29) is 17.3 Å². The third-order valence-electron chi connectivity index (χ3n) is 6.69. The largest absolute Gasteiger partial charge is 0.412 e. The number of pyridine rings is 1. The number of halogens is 2. The number of hydrogen-bond donors (Lipinski definition) is 1. The molecule has 1 saturated carbocycles. The molecule has 0 spiro atoms. The fourth-order valence-electron chi connectivity index (χ4n) is 4.83. The van der Waals surface area contributed by atoms with Gasteiger partial charge in [0, 0.05) is 31.1 Å². The number of hydrogen-bond acceptors (Lipinski definition) is 7. The SMILES string of the molecule is O=C(c1nnc(-c2cnn(C(F)F)c2)o1)N1CCc2[nH]cnc2C1c1cc2c(C3CC3)cccn2n1. The molecule has 36 heavy (non-hydrogen) atoms. The molecular formula is C23H19F2N9O2. The lowest BCUT2D eigenvalue weighted by Crippen LogP contribution is -2.41. The number of imidazole rings is 1. The van der Waals surface area contributed by atoms with Crippen molar-refractivity contribution in [3.63, 3.8) is 0 Å². The van der Waals surface area contributed by atoms with E-state index in [0.29, 0.717) is 35.0 Å². The van der Waals surface area contributed by atoms with Crippen LogP contribution in [-0.4, -0.2) is 56.9 Å². The van der Waals surface area contributed by atoms with Crippen LogP contribution in [0.25, 0.3) is 17.0 Å². The van der Waals surface area contributed by atoms with Gasteiger partial charge in [-0.1, -0.05) is 6.07 Å². The highest BCUT2D eigenvalue weighted by Crippen LogP contribution is 2.43. The number of amides is 1. The molecule has 2 aliphatic rings. The van der Waals surface area contributed by atoms with Gasteiger partial charge < -0.3 is 14.3 Å². The molecule has 1 aliphatic carbocycles. The highest BCUT2D eigenvalue weighted by atomic mass is 19.3. The molecule has 11 nitrogen and oxygen atoms in total. The van der Waals surface area contributed by atoms with Gasteiger partial charge in [0.15, 0.2) is 0 Å². The molecule has 1 atom stereocenters. The molecule has 5 aromatic heterocycles. The summed E-state index contributed by atoms with van der Waals surface area (Å²) in [7, 11) is 0. The van der Waals surface area contributed by atoms with Crippen molar-refractivity contribution in [2.45, 2.75) is 37.8 Å². The number of nitrogens with zero attached hydrogens (tertiary/aromatic N) is 8. The summed E-state index contributed by atoms with van der Waals surface area (Å²) in [6.45, 7) is -2.42. The van der Waals surface area contributed by atoms with Gasteiger partial charge in [0.25, 0.3) is 5.89 Å². The van der Waals surface area contributed by atoms with Crippen LogP contribution in [0.15, 0.2) is 47.5 Å². The molecule has 13 heteroatoms. The first-order chi connectivity index (χ1) is 17.6. The van der Waals surface area contributed by atoms with E-state index in [1.54, 1.807) is 11.2 Å². The molecule has 1 aliphatic heterocycles. The maximum Gasteiger partial charge on any atom is 0.333 e. The van der Waals surface area contributed by atoms with Crippen LogP contribution in [0, 0.1) is 0 Å². The second-order valence-electron chi connectivity index (χ2n) is 8.95. The Morgan fingerprint density at radius 3 is 2.94 bits per heavy atom. The van der Waals surface area contributed by atoms with Crippen molar-refractivity contribution < 1.29 is 18.0 Å². The number of nitrogens with one attached hydrogen (secondary N) is 1. The number of aromatic nitrogens is 8. The van der Waals surface area contributed by atoms with Crippen LogP contribution in [0.3, 0.4) is 0 Å². The number of rotatable bonds is 5. The molecule has 0 aromatic carbocycles. The fourth-order valence-corrected chi connectivity index (χ4v) is 4.83. The van der Waals surface area contributed by atoms with Gasteiger partial charge in [-0.15, -0.1) is 10.2 Å². The van der Waals surface area contributed by atoms with Crippen molar-refractivity contribution in [1.29, 1.82) is 0 Å². The lowest BCUT2D eigenvalue weighted by atomic mass is 9.99. The second kappa shape index (κ2) is 7.80. The Morgan fingerprint density at radius 1 is 1.25 bits per heavy atom. The van der Waals surface area contributed by atoms with E-state index >= 15 is 0 Å². The lowest BCUT2D eigenvalue weighted by Gasteiger charge is -2.32. The van der Waals surface area contributed by atoms with Crippen LogP contribution in [0.1, 0.15) is 64.7 Å². The van der Waals surface area contributed by atoms with Crippen molar-refractivity contribution in [3.05, 3.63) is 71.7 Å². The zero-order valence-corrected chi connectivity index (χ0v) is 18.8. The molecule has 1 amide bonds. The van der Waals surface area contributed by atoms with Crippen molar-refractivity contribution in [2.24, 2.45) is 0 Å². The molecule has 5 aromatic rings. The minimum absolute atomic E-state index is 0.0685. The summed E-state index contributed by atoms with van der Waals surface area (Å²) in [6.07, 6.45) is 8.67. The number of carbonyl (C=O) groups excluding carboxylic acids is 1. The van der Waals surface area contributed by atoms with Gasteiger partial charge in [-0.2, -0.15) is 19.0 Å². The predicted octanol–water partition coefficient (Wildman–Crippen LogP) is 3.36. The average molecular weight is 491 g/mol. The highest BCUT2D eigenvalue weighted by molar-refractivity contribution is 5.90. The molecule has 1 fully saturated rings. The van der Waals surface area contributed by atoms with Crippen molar-refractivity contribution in [3.8, 4) is 11.5 Å². The first kappa shape index (κ1) is 20.9. The van der Waals surface area contributed by atoms with Crippen LogP contribution >= 0.6 is 0 Å². The standard InChI is InChI=1S/C23H19F2N9O2/c24-23(25)34-10-13(9-28-34)20-29-30-21(36-20)22(35)32-7-5-15-18(27-11-26-15)19(32)16-8-17-14(12-3-4-12)2-1-6-33(17)31-16/h1-2,6,8-12,19,23H,3-5,7H2,(H,26,27). The summed E-state index contributed by atoms with van der Waals surface area (Å²) in [4.78, 5) is 22.9.